The molecule has 162 valence electrons. The molecule has 2 aliphatic rings. The van der Waals surface area contributed by atoms with E-state index in [-0.39, 0.29) is 17.1 Å². The van der Waals surface area contributed by atoms with Crippen molar-refractivity contribution in [1.29, 1.82) is 0 Å². The number of fused-ring (bicyclic) bond motifs is 2. The summed E-state index contributed by atoms with van der Waals surface area (Å²) in [5.41, 5.74) is 1.06. The third kappa shape index (κ3) is 3.41. The topological polar surface area (TPSA) is 81.2 Å². The number of hydrogen-bond acceptors (Lipinski definition) is 5. The average Bonchev–Trinajstić information content (AvgIpc) is 3.42. The van der Waals surface area contributed by atoms with E-state index in [4.69, 9.17) is 4.52 Å². The number of aromatic nitrogens is 3. The minimum atomic E-state index is -2.72. The van der Waals surface area contributed by atoms with Crippen LogP contribution in [0.15, 0.2) is 33.6 Å². The summed E-state index contributed by atoms with van der Waals surface area (Å²) >= 11 is 0. The molecule has 1 amide bonds. The molecular formula is C22H22F2N4O3. The summed E-state index contributed by atoms with van der Waals surface area (Å²) in [6.07, 6.45) is 1.99. The Morgan fingerprint density at radius 3 is 2.84 bits per heavy atom. The molecule has 1 aliphatic heterocycles. The largest absolute Gasteiger partial charge is 0.360 e. The number of hydrogen-bond donors (Lipinski definition) is 0. The lowest BCUT2D eigenvalue weighted by atomic mass is 9.96. The smallest absolute Gasteiger partial charge is 0.276 e. The standard InChI is InChI=1S/C22H22F2N4O3/c23-18(24)12-28-20(25-15-8-3-1-6-13(15)21(28)29)16-9-5-11-27(16)22(30)19-14-7-2-4-10-17(14)31-26-19/h1,3,6,8,16,18H,2,4-5,7,9-12H2. The Balaban J connectivity index is 1.58. The molecule has 5 rings (SSSR count). The molecule has 1 saturated heterocycles. The van der Waals surface area contributed by atoms with E-state index in [1.54, 1.807) is 29.2 Å². The van der Waals surface area contributed by atoms with E-state index in [9.17, 15) is 18.4 Å². The molecule has 0 spiro atoms. The normalized spacial score (nSPS) is 18.7. The van der Waals surface area contributed by atoms with Crippen LogP contribution < -0.4 is 5.56 Å². The van der Waals surface area contributed by atoms with Crippen LogP contribution in [0, 0.1) is 0 Å². The van der Waals surface area contributed by atoms with E-state index in [0.717, 1.165) is 41.6 Å². The highest BCUT2D eigenvalue weighted by molar-refractivity contribution is 5.94. The summed E-state index contributed by atoms with van der Waals surface area (Å²) in [6, 6.07) is 6.11. The highest BCUT2D eigenvalue weighted by Gasteiger charge is 2.37. The van der Waals surface area contributed by atoms with E-state index in [2.05, 4.69) is 10.1 Å². The van der Waals surface area contributed by atoms with Crippen molar-refractivity contribution in [1.82, 2.24) is 19.6 Å². The van der Waals surface area contributed by atoms with Gasteiger partial charge in [-0.05, 0) is 44.2 Å². The maximum absolute atomic E-state index is 13.4. The van der Waals surface area contributed by atoms with Gasteiger partial charge in [0.2, 0.25) is 0 Å². The van der Waals surface area contributed by atoms with E-state index in [0.29, 0.717) is 30.6 Å². The zero-order valence-electron chi connectivity index (χ0n) is 16.9. The number of likely N-dealkylation sites (tertiary alicyclic amines) is 1. The molecule has 31 heavy (non-hydrogen) atoms. The predicted octanol–water partition coefficient (Wildman–Crippen LogP) is 3.51. The molecule has 1 fully saturated rings. The number of carbonyl (C=O) groups excluding carboxylic acids is 1. The Morgan fingerprint density at radius 1 is 1.19 bits per heavy atom. The van der Waals surface area contributed by atoms with E-state index in [1.165, 1.54) is 0 Å². The molecule has 0 N–H and O–H groups in total. The van der Waals surface area contributed by atoms with Crippen LogP contribution in [-0.2, 0) is 19.4 Å². The number of amides is 1. The van der Waals surface area contributed by atoms with Gasteiger partial charge in [0.25, 0.3) is 17.9 Å². The Hall–Kier alpha value is -3.10. The SMILES string of the molecule is O=C(c1noc2c1CCCC2)N1CCCC1c1nc2ccccc2c(=O)n1CC(F)F. The van der Waals surface area contributed by atoms with Crippen LogP contribution in [0.2, 0.25) is 0 Å². The van der Waals surface area contributed by atoms with Crippen molar-refractivity contribution in [3.05, 3.63) is 57.5 Å². The molecule has 3 aromatic rings. The summed E-state index contributed by atoms with van der Waals surface area (Å²) in [5.74, 6) is 0.663. The quantitative estimate of drug-likeness (QED) is 0.635. The first-order valence-electron chi connectivity index (χ1n) is 10.6. The molecule has 1 atom stereocenters. The van der Waals surface area contributed by atoms with Crippen LogP contribution in [-0.4, -0.2) is 38.5 Å². The van der Waals surface area contributed by atoms with Gasteiger partial charge in [0.15, 0.2) is 5.69 Å². The van der Waals surface area contributed by atoms with Crippen LogP contribution in [0.3, 0.4) is 0 Å². The fourth-order valence-electron chi connectivity index (χ4n) is 4.72. The predicted molar refractivity (Wildman–Crippen MR) is 108 cm³/mol. The van der Waals surface area contributed by atoms with Crippen LogP contribution in [0.25, 0.3) is 10.9 Å². The van der Waals surface area contributed by atoms with Crippen LogP contribution in [0.5, 0.6) is 0 Å². The van der Waals surface area contributed by atoms with Crippen molar-refractivity contribution in [2.45, 2.75) is 57.5 Å². The van der Waals surface area contributed by atoms with Crippen molar-refractivity contribution in [2.24, 2.45) is 0 Å². The zero-order chi connectivity index (χ0) is 21.5. The van der Waals surface area contributed by atoms with Gasteiger partial charge < -0.3 is 9.42 Å². The Labute approximate surface area is 176 Å². The molecule has 0 bridgehead atoms. The number of carbonyl (C=O) groups is 1. The van der Waals surface area contributed by atoms with Crippen molar-refractivity contribution < 1.29 is 18.1 Å². The lowest BCUT2D eigenvalue weighted by Crippen LogP contribution is -2.37. The van der Waals surface area contributed by atoms with Crippen LogP contribution >= 0.6 is 0 Å². The second kappa shape index (κ2) is 7.86. The molecule has 0 saturated carbocycles. The summed E-state index contributed by atoms with van der Waals surface area (Å²) in [6.45, 7) is -0.313. The van der Waals surface area contributed by atoms with Gasteiger partial charge in [-0.15, -0.1) is 0 Å². The third-order valence-corrected chi connectivity index (χ3v) is 6.18. The van der Waals surface area contributed by atoms with Gasteiger partial charge in [0.1, 0.15) is 11.6 Å². The third-order valence-electron chi connectivity index (χ3n) is 6.18. The first-order valence-corrected chi connectivity index (χ1v) is 10.6. The maximum atomic E-state index is 13.4. The van der Waals surface area contributed by atoms with Gasteiger partial charge in [-0.2, -0.15) is 0 Å². The zero-order valence-corrected chi connectivity index (χ0v) is 16.9. The van der Waals surface area contributed by atoms with Crippen molar-refractivity contribution in [3.63, 3.8) is 0 Å². The second-order valence-corrected chi connectivity index (χ2v) is 8.09. The molecular weight excluding hydrogens is 406 g/mol. The molecule has 2 aromatic heterocycles. The molecule has 3 heterocycles. The molecule has 1 aromatic carbocycles. The van der Waals surface area contributed by atoms with Gasteiger partial charge in [-0.3, -0.25) is 14.2 Å². The number of aryl methyl sites for hydroxylation is 1. The first kappa shape index (κ1) is 19.8. The van der Waals surface area contributed by atoms with Crippen molar-refractivity contribution >= 4 is 16.8 Å². The summed E-state index contributed by atoms with van der Waals surface area (Å²) in [4.78, 5) is 32.5. The highest BCUT2D eigenvalue weighted by Crippen LogP contribution is 2.34. The Kier molecular flexibility index (Phi) is 5.03. The second-order valence-electron chi connectivity index (χ2n) is 8.09. The molecule has 1 unspecified atom stereocenters. The molecule has 0 radical (unpaired) electrons. The summed E-state index contributed by atoms with van der Waals surface area (Å²) < 4.78 is 33.1. The van der Waals surface area contributed by atoms with Gasteiger partial charge >= 0.3 is 0 Å². The summed E-state index contributed by atoms with van der Waals surface area (Å²) in [5, 5.41) is 4.32. The molecule has 7 nitrogen and oxygen atoms in total. The number of rotatable bonds is 4. The van der Waals surface area contributed by atoms with E-state index >= 15 is 0 Å². The summed E-state index contributed by atoms with van der Waals surface area (Å²) in [7, 11) is 0. The van der Waals surface area contributed by atoms with E-state index in [1.807, 2.05) is 0 Å². The average molecular weight is 428 g/mol. The Morgan fingerprint density at radius 2 is 2.00 bits per heavy atom. The lowest BCUT2D eigenvalue weighted by molar-refractivity contribution is 0.0709. The van der Waals surface area contributed by atoms with Crippen LogP contribution in [0.1, 0.15) is 59.4 Å². The fourth-order valence-corrected chi connectivity index (χ4v) is 4.72. The highest BCUT2D eigenvalue weighted by atomic mass is 19.3. The van der Waals surface area contributed by atoms with Gasteiger partial charge in [0.05, 0.1) is 23.5 Å². The van der Waals surface area contributed by atoms with E-state index < -0.39 is 24.6 Å². The number of para-hydroxylation sites is 1. The molecule has 9 heteroatoms. The van der Waals surface area contributed by atoms with Crippen molar-refractivity contribution in [2.75, 3.05) is 6.54 Å². The van der Waals surface area contributed by atoms with Gasteiger partial charge in [-0.1, -0.05) is 17.3 Å². The lowest BCUT2D eigenvalue weighted by Gasteiger charge is -2.26. The number of alkyl halides is 2. The fraction of sp³-hybridized carbons (Fsp3) is 0.455. The monoisotopic (exact) mass is 428 g/mol. The number of halogens is 2. The van der Waals surface area contributed by atoms with Crippen LogP contribution in [0.4, 0.5) is 8.78 Å². The Bertz CT molecular complexity index is 1200. The number of benzene rings is 1. The molecule has 1 aliphatic carbocycles. The minimum absolute atomic E-state index is 0.201. The van der Waals surface area contributed by atoms with Crippen molar-refractivity contribution in [3.8, 4) is 0 Å². The first-order chi connectivity index (χ1) is 15.0. The van der Waals surface area contributed by atoms with Gasteiger partial charge in [0, 0.05) is 18.5 Å². The van der Waals surface area contributed by atoms with Gasteiger partial charge in [-0.25, -0.2) is 13.8 Å². The minimum Gasteiger partial charge on any atom is -0.360 e. The number of nitrogens with zero attached hydrogens (tertiary/aromatic N) is 4. The maximum Gasteiger partial charge on any atom is 0.276 e.